The van der Waals surface area contributed by atoms with Gasteiger partial charge in [0, 0.05) is 23.5 Å². The second-order valence-electron chi connectivity index (χ2n) is 5.61. The van der Waals surface area contributed by atoms with E-state index in [2.05, 4.69) is 20.8 Å². The number of terminal acetylenes is 1. The van der Waals surface area contributed by atoms with E-state index in [1.54, 1.807) is 0 Å². The summed E-state index contributed by atoms with van der Waals surface area (Å²) < 4.78 is 0. The molecule has 4 heteroatoms. The largest absolute Gasteiger partial charge is 0.391 e. The van der Waals surface area contributed by atoms with Crippen molar-refractivity contribution in [3.05, 3.63) is 35.8 Å². The van der Waals surface area contributed by atoms with E-state index in [1.807, 2.05) is 31.2 Å². The van der Waals surface area contributed by atoms with E-state index in [4.69, 9.17) is 6.42 Å². The maximum atomic E-state index is 10.0. The van der Waals surface area contributed by atoms with E-state index in [0.717, 1.165) is 35.4 Å². The fourth-order valence-electron chi connectivity index (χ4n) is 2.90. The normalized spacial score (nSPS) is 23.1. The van der Waals surface area contributed by atoms with Crippen LogP contribution in [0.4, 0.5) is 0 Å². The summed E-state index contributed by atoms with van der Waals surface area (Å²) in [5.41, 5.74) is 1.97. The van der Waals surface area contributed by atoms with Gasteiger partial charge in [-0.05, 0) is 26.0 Å². The summed E-state index contributed by atoms with van der Waals surface area (Å²) in [5, 5.41) is 11.1. The van der Waals surface area contributed by atoms with Gasteiger partial charge in [0.2, 0.25) is 0 Å². The third-order valence-electron chi connectivity index (χ3n) is 4.09. The first-order valence-corrected chi connectivity index (χ1v) is 7.26. The van der Waals surface area contributed by atoms with E-state index in [9.17, 15) is 5.11 Å². The van der Waals surface area contributed by atoms with Crippen molar-refractivity contribution in [2.75, 3.05) is 13.1 Å². The Kier molecular flexibility index (Phi) is 3.87. The van der Waals surface area contributed by atoms with Crippen LogP contribution in [-0.4, -0.2) is 39.2 Å². The second-order valence-corrected chi connectivity index (χ2v) is 5.61. The van der Waals surface area contributed by atoms with Crippen molar-refractivity contribution >= 4 is 10.9 Å². The molecule has 0 bridgehead atoms. The van der Waals surface area contributed by atoms with Crippen LogP contribution in [0.15, 0.2) is 24.3 Å². The smallest absolute Gasteiger partial charge is 0.143 e. The fraction of sp³-hybridized carbons (Fsp3) is 0.412. The highest BCUT2D eigenvalue weighted by Gasteiger charge is 2.26. The monoisotopic (exact) mass is 281 g/mol. The van der Waals surface area contributed by atoms with Crippen LogP contribution in [0, 0.1) is 25.2 Å². The molecule has 2 aromatic rings. The van der Waals surface area contributed by atoms with Crippen molar-refractivity contribution < 1.29 is 5.11 Å². The molecule has 2 heterocycles. The molecule has 108 valence electrons. The molecule has 1 fully saturated rings. The van der Waals surface area contributed by atoms with Gasteiger partial charge in [-0.1, -0.05) is 18.2 Å². The molecule has 1 aliphatic heterocycles. The minimum atomic E-state index is -0.453. The van der Waals surface area contributed by atoms with Crippen LogP contribution >= 0.6 is 0 Å². The molecule has 0 spiro atoms. The summed E-state index contributed by atoms with van der Waals surface area (Å²) in [6.07, 6.45) is 5.79. The fourth-order valence-corrected chi connectivity index (χ4v) is 2.90. The van der Waals surface area contributed by atoms with E-state index in [-0.39, 0.29) is 5.92 Å². The topological polar surface area (TPSA) is 49.2 Å². The summed E-state index contributed by atoms with van der Waals surface area (Å²) in [4.78, 5) is 11.4. The Labute approximate surface area is 124 Å². The van der Waals surface area contributed by atoms with Gasteiger partial charge < -0.3 is 5.11 Å². The van der Waals surface area contributed by atoms with Crippen LogP contribution in [0.3, 0.4) is 0 Å². The van der Waals surface area contributed by atoms with Crippen molar-refractivity contribution in [3.8, 4) is 12.3 Å². The van der Waals surface area contributed by atoms with Crippen molar-refractivity contribution in [3.63, 3.8) is 0 Å². The second kappa shape index (κ2) is 5.80. The van der Waals surface area contributed by atoms with Gasteiger partial charge >= 0.3 is 0 Å². The molecule has 0 amide bonds. The Hall–Kier alpha value is -1.96. The standard InChI is InChI=1S/C17H19N3O/c1-3-13-8-9-20(10-16(13)21)11-17-18-12(2)14-6-4-5-7-15(14)19-17/h1,4-7,13,16,21H,8-11H2,2H3. The molecule has 0 aliphatic carbocycles. The molecular formula is C17H19N3O. The first-order valence-electron chi connectivity index (χ1n) is 7.26. The van der Waals surface area contributed by atoms with Crippen molar-refractivity contribution in [2.24, 2.45) is 5.92 Å². The molecule has 0 radical (unpaired) electrons. The number of hydrogen-bond acceptors (Lipinski definition) is 4. The molecule has 4 nitrogen and oxygen atoms in total. The lowest BCUT2D eigenvalue weighted by atomic mass is 9.95. The summed E-state index contributed by atoms with van der Waals surface area (Å²) in [6.45, 7) is 4.12. The third-order valence-corrected chi connectivity index (χ3v) is 4.09. The Balaban J connectivity index is 1.78. The molecule has 1 aromatic carbocycles. The molecule has 0 saturated carbocycles. The molecule has 21 heavy (non-hydrogen) atoms. The number of likely N-dealkylation sites (tertiary alicyclic amines) is 1. The predicted molar refractivity (Wildman–Crippen MR) is 82.5 cm³/mol. The van der Waals surface area contributed by atoms with Crippen molar-refractivity contribution in [1.82, 2.24) is 14.9 Å². The number of rotatable bonds is 2. The lowest BCUT2D eigenvalue weighted by Gasteiger charge is -2.33. The number of aliphatic hydroxyl groups is 1. The quantitative estimate of drug-likeness (QED) is 0.852. The van der Waals surface area contributed by atoms with Crippen LogP contribution in [0.1, 0.15) is 17.9 Å². The minimum absolute atomic E-state index is 0.0273. The molecule has 1 aliphatic rings. The van der Waals surface area contributed by atoms with Crippen LogP contribution in [0.2, 0.25) is 0 Å². The number of piperidine rings is 1. The molecule has 2 atom stereocenters. The Morgan fingerprint density at radius 3 is 2.95 bits per heavy atom. The highest BCUT2D eigenvalue weighted by Crippen LogP contribution is 2.20. The van der Waals surface area contributed by atoms with Gasteiger partial charge in [-0.2, -0.15) is 0 Å². The molecule has 1 aromatic heterocycles. The highest BCUT2D eigenvalue weighted by molar-refractivity contribution is 5.80. The number of benzene rings is 1. The van der Waals surface area contributed by atoms with Gasteiger partial charge in [0.15, 0.2) is 0 Å². The molecule has 3 rings (SSSR count). The van der Waals surface area contributed by atoms with Crippen molar-refractivity contribution in [1.29, 1.82) is 0 Å². The van der Waals surface area contributed by atoms with E-state index in [1.165, 1.54) is 0 Å². The average molecular weight is 281 g/mol. The molecular weight excluding hydrogens is 262 g/mol. The molecule has 1 N–H and O–H groups in total. The summed E-state index contributed by atoms with van der Waals surface area (Å²) >= 11 is 0. The molecule has 2 unspecified atom stereocenters. The van der Waals surface area contributed by atoms with Crippen molar-refractivity contribution in [2.45, 2.75) is 26.0 Å². The average Bonchev–Trinajstić information content (AvgIpc) is 2.47. The number of hydrogen-bond donors (Lipinski definition) is 1. The predicted octanol–water partition coefficient (Wildman–Crippen LogP) is 1.75. The number of nitrogens with zero attached hydrogens (tertiary/aromatic N) is 3. The zero-order valence-corrected chi connectivity index (χ0v) is 12.2. The number of fused-ring (bicyclic) bond motifs is 1. The lowest BCUT2D eigenvalue weighted by molar-refractivity contribution is 0.0389. The van der Waals surface area contributed by atoms with Gasteiger partial charge in [-0.25, -0.2) is 9.97 Å². The Bertz CT molecular complexity index is 692. The van der Waals surface area contributed by atoms with Crippen LogP contribution in [0.5, 0.6) is 0 Å². The highest BCUT2D eigenvalue weighted by atomic mass is 16.3. The maximum Gasteiger partial charge on any atom is 0.143 e. The van der Waals surface area contributed by atoms with Crippen LogP contribution in [0.25, 0.3) is 10.9 Å². The number of aromatic nitrogens is 2. The number of para-hydroxylation sites is 1. The summed E-state index contributed by atoms with van der Waals surface area (Å²) in [7, 11) is 0. The first kappa shape index (κ1) is 14.0. The number of aliphatic hydroxyl groups excluding tert-OH is 1. The van der Waals surface area contributed by atoms with E-state index < -0.39 is 6.10 Å². The zero-order valence-electron chi connectivity index (χ0n) is 12.2. The van der Waals surface area contributed by atoms with Gasteiger partial charge in [-0.3, -0.25) is 4.90 Å². The zero-order chi connectivity index (χ0) is 14.8. The van der Waals surface area contributed by atoms with E-state index in [0.29, 0.717) is 13.1 Å². The van der Waals surface area contributed by atoms with Gasteiger partial charge in [0.1, 0.15) is 5.82 Å². The third kappa shape index (κ3) is 2.90. The number of aryl methyl sites for hydroxylation is 1. The van der Waals surface area contributed by atoms with Gasteiger partial charge in [0.25, 0.3) is 0 Å². The minimum Gasteiger partial charge on any atom is -0.391 e. The van der Waals surface area contributed by atoms with Crippen LogP contribution < -0.4 is 0 Å². The van der Waals surface area contributed by atoms with Gasteiger partial charge in [-0.15, -0.1) is 12.3 Å². The van der Waals surface area contributed by atoms with Crippen LogP contribution in [-0.2, 0) is 6.54 Å². The molecule has 1 saturated heterocycles. The number of β-amino-alcohol motifs (C(OH)–C–C–N with tert-alkyl or cyclic N) is 1. The Morgan fingerprint density at radius 2 is 2.19 bits per heavy atom. The summed E-state index contributed by atoms with van der Waals surface area (Å²) in [6, 6.07) is 8.03. The van der Waals surface area contributed by atoms with Gasteiger partial charge in [0.05, 0.1) is 18.2 Å². The SMILES string of the molecule is C#CC1CCN(Cc2nc(C)c3ccccc3n2)CC1O. The Morgan fingerprint density at radius 1 is 1.38 bits per heavy atom. The maximum absolute atomic E-state index is 10.0. The lowest BCUT2D eigenvalue weighted by Crippen LogP contribution is -2.43. The summed E-state index contributed by atoms with van der Waals surface area (Å²) in [5.74, 6) is 3.44. The van der Waals surface area contributed by atoms with E-state index >= 15 is 0 Å². The first-order chi connectivity index (χ1) is 10.2.